The van der Waals surface area contributed by atoms with Gasteiger partial charge in [-0.1, -0.05) is 54.9 Å². The molecule has 334 valence electrons. The molecule has 56 heavy (non-hydrogen) atoms. The normalized spacial score (nSPS) is 10.4. The highest BCUT2D eigenvalue weighted by Gasteiger charge is 2.14. The van der Waals surface area contributed by atoms with Gasteiger partial charge < -0.3 is 48.9 Å². The molecule has 0 heterocycles. The highest BCUT2D eigenvalue weighted by Crippen LogP contribution is 2.10. The Kier molecular flexibility index (Phi) is 62.7. The number of carbonyl (C=O) groups is 9. The minimum absolute atomic E-state index is 0. The monoisotopic (exact) mass is 817 g/mol. The molecule has 3 unspecified atom stereocenters. The van der Waals surface area contributed by atoms with E-state index in [0.717, 1.165) is 19.1 Å². The van der Waals surface area contributed by atoms with E-state index in [1.165, 1.54) is 56.5 Å². The quantitative estimate of drug-likeness (QED) is 0.0815. The Morgan fingerprint density at radius 3 is 0.982 bits per heavy atom. The molecule has 3 atom stereocenters. The molecule has 0 aromatic heterocycles. The van der Waals surface area contributed by atoms with E-state index in [1.807, 2.05) is 6.92 Å². The SMILES string of the molecule is C.CC=O.CCCC(C)CC(=O)OC.COC(=O)CC(C)=O.COC(=O)CC(C)CC(=O)O.COC(=O)CC(C)CC(=O)OC.COC(=O)CC(C)CCO.[OH-]. The Hall–Kier alpha value is -4.45. The molecule has 18 nitrogen and oxygen atoms in total. The molecule has 0 aliphatic carbocycles. The Morgan fingerprint density at radius 2 is 0.786 bits per heavy atom. The highest BCUT2D eigenvalue weighted by atomic mass is 16.5. The van der Waals surface area contributed by atoms with Crippen molar-refractivity contribution in [3.05, 3.63) is 0 Å². The van der Waals surface area contributed by atoms with Crippen molar-refractivity contribution in [3.8, 4) is 0 Å². The fraction of sp³-hybridized carbons (Fsp3) is 0.763. The molecule has 0 fully saturated rings. The van der Waals surface area contributed by atoms with Gasteiger partial charge in [0.25, 0.3) is 0 Å². The van der Waals surface area contributed by atoms with Crippen LogP contribution in [0, 0.1) is 23.7 Å². The van der Waals surface area contributed by atoms with Crippen LogP contribution in [0.5, 0.6) is 0 Å². The maximum absolute atomic E-state index is 10.7. The first-order chi connectivity index (χ1) is 25.1. The number of carboxylic acids is 1. The Morgan fingerprint density at radius 1 is 0.536 bits per heavy atom. The predicted molar refractivity (Wildman–Crippen MR) is 206 cm³/mol. The van der Waals surface area contributed by atoms with Crippen LogP contribution in [0.15, 0.2) is 0 Å². The van der Waals surface area contributed by atoms with Crippen LogP contribution in [0.4, 0.5) is 0 Å². The van der Waals surface area contributed by atoms with Gasteiger partial charge in [-0.15, -0.1) is 0 Å². The first kappa shape index (κ1) is 69.5. The number of ketones is 1. The van der Waals surface area contributed by atoms with Gasteiger partial charge in [-0.3, -0.25) is 38.4 Å². The van der Waals surface area contributed by atoms with Crippen molar-refractivity contribution in [2.75, 3.05) is 49.3 Å². The van der Waals surface area contributed by atoms with E-state index in [2.05, 4.69) is 42.3 Å². The summed E-state index contributed by atoms with van der Waals surface area (Å²) in [7, 11) is 8.00. The molecule has 0 bridgehead atoms. The third-order valence-electron chi connectivity index (χ3n) is 6.26. The fourth-order valence-corrected chi connectivity index (χ4v) is 3.47. The topological polar surface area (TPSA) is 279 Å². The average Bonchev–Trinajstić information content (AvgIpc) is 3.08. The number of carbonyl (C=O) groups excluding carboxylic acids is 8. The van der Waals surface area contributed by atoms with Crippen molar-refractivity contribution in [2.24, 2.45) is 23.7 Å². The minimum atomic E-state index is -0.888. The Bertz CT molecular complexity index is 984. The number of Topliss-reactive ketones (excluding diaryl/α,β-unsaturated/α-hetero) is 1. The lowest BCUT2D eigenvalue weighted by atomic mass is 10.0. The fourth-order valence-electron chi connectivity index (χ4n) is 3.47. The van der Waals surface area contributed by atoms with E-state index >= 15 is 0 Å². The highest BCUT2D eigenvalue weighted by molar-refractivity contribution is 5.94. The molecule has 0 radical (unpaired) electrons. The zero-order chi connectivity index (χ0) is 43.7. The number of rotatable bonds is 18. The number of hydrogen-bond donors (Lipinski definition) is 2. The number of aliphatic hydroxyl groups is 1. The van der Waals surface area contributed by atoms with E-state index in [4.69, 9.17) is 15.0 Å². The number of aliphatic hydroxyl groups excluding tert-OH is 1. The molecule has 0 aliphatic rings. The second-order valence-corrected chi connectivity index (χ2v) is 11.9. The summed E-state index contributed by atoms with van der Waals surface area (Å²) in [6, 6.07) is 0. The third kappa shape index (κ3) is 67.7. The zero-order valence-electron chi connectivity index (χ0n) is 35.1. The number of esters is 6. The first-order valence-electron chi connectivity index (χ1n) is 17.3. The lowest BCUT2D eigenvalue weighted by molar-refractivity contribution is -0.145. The second kappa shape index (κ2) is 50.5. The lowest BCUT2D eigenvalue weighted by Crippen LogP contribution is -2.12. The summed E-state index contributed by atoms with van der Waals surface area (Å²) in [6.45, 7) is 12.5. The molecule has 0 aliphatic heterocycles. The van der Waals surface area contributed by atoms with Crippen molar-refractivity contribution >= 4 is 53.9 Å². The van der Waals surface area contributed by atoms with Gasteiger partial charge in [-0.25, -0.2) is 0 Å². The van der Waals surface area contributed by atoms with Gasteiger partial charge in [-0.2, -0.15) is 0 Å². The van der Waals surface area contributed by atoms with Crippen molar-refractivity contribution in [1.82, 2.24) is 0 Å². The maximum atomic E-state index is 10.7. The molecule has 3 N–H and O–H groups in total. The largest absolute Gasteiger partial charge is 0.870 e. The van der Waals surface area contributed by atoms with Crippen LogP contribution in [0.25, 0.3) is 0 Å². The number of aldehydes is 1. The molecule has 0 saturated heterocycles. The van der Waals surface area contributed by atoms with Crippen LogP contribution < -0.4 is 0 Å². The van der Waals surface area contributed by atoms with Gasteiger partial charge in [-0.05, 0) is 43.9 Å². The molecule has 0 aromatic rings. The first-order valence-corrected chi connectivity index (χ1v) is 17.3. The number of hydrogen-bond acceptors (Lipinski definition) is 17. The summed E-state index contributed by atoms with van der Waals surface area (Å²) in [5.74, 6) is -2.28. The van der Waals surface area contributed by atoms with Crippen LogP contribution in [0.3, 0.4) is 0 Å². The smallest absolute Gasteiger partial charge is 0.313 e. The van der Waals surface area contributed by atoms with Gasteiger partial charge in [0, 0.05) is 45.1 Å². The van der Waals surface area contributed by atoms with E-state index in [-0.39, 0.29) is 105 Å². The number of methoxy groups -OCH3 is 6. The van der Waals surface area contributed by atoms with Crippen LogP contribution in [-0.2, 0) is 71.6 Å². The average molecular weight is 818 g/mol. The van der Waals surface area contributed by atoms with Gasteiger partial charge in [0.1, 0.15) is 18.5 Å². The van der Waals surface area contributed by atoms with Crippen molar-refractivity contribution in [2.45, 2.75) is 120 Å². The summed E-state index contributed by atoms with van der Waals surface area (Å²) in [5, 5.41) is 16.8. The second-order valence-electron chi connectivity index (χ2n) is 11.9. The molecule has 0 spiro atoms. The van der Waals surface area contributed by atoms with Crippen LogP contribution in [0.2, 0.25) is 0 Å². The molecule has 0 rings (SSSR count). The summed E-state index contributed by atoms with van der Waals surface area (Å²) in [4.78, 5) is 92.5. The third-order valence-corrected chi connectivity index (χ3v) is 6.26. The van der Waals surface area contributed by atoms with Crippen molar-refractivity contribution < 1.29 is 87.3 Å². The van der Waals surface area contributed by atoms with Crippen LogP contribution in [0.1, 0.15) is 120 Å². The summed E-state index contributed by atoms with van der Waals surface area (Å²) < 4.78 is 26.4. The number of aliphatic carboxylic acids is 1. The van der Waals surface area contributed by atoms with Crippen LogP contribution >= 0.6 is 0 Å². The number of carboxylic acid groups (broad SMARTS) is 1. The summed E-state index contributed by atoms with van der Waals surface area (Å²) in [6.07, 6.45) is 5.19. The molecule has 0 saturated carbocycles. The zero-order valence-corrected chi connectivity index (χ0v) is 35.1. The van der Waals surface area contributed by atoms with E-state index in [1.54, 1.807) is 13.8 Å². The standard InChI is InChI=1S/C8H14O4.C8H16O2.C7H12O4.C7H14O3.C5H8O3.C2H4O.CH4.H2O/c1-6(4-7(9)11-2)5-8(10)12-3;1-4-5-7(2)6-8(9)10-3;1-5(3-6(8)9)4-7(10)11-2;1-6(3-4-8)5-7(9)10-2;1-4(6)3-5(7)8-2;1-2-3;;/h6H,4-5H2,1-3H3;7H,4-6H2,1-3H3;5H,3-4H2,1-2H3,(H,8,9);6,8H,3-5H2,1-2H3;3H2,1-2H3;2H,1H3;1H4;1H2/p-1. The van der Waals surface area contributed by atoms with Gasteiger partial charge in [0.15, 0.2) is 0 Å². The van der Waals surface area contributed by atoms with Crippen molar-refractivity contribution in [3.63, 3.8) is 0 Å². The minimum Gasteiger partial charge on any atom is -0.870 e. The van der Waals surface area contributed by atoms with E-state index in [9.17, 15) is 38.4 Å². The van der Waals surface area contributed by atoms with E-state index < -0.39 is 11.9 Å². The lowest BCUT2D eigenvalue weighted by Gasteiger charge is -2.07. The Balaban J connectivity index is -0.0000000838. The maximum Gasteiger partial charge on any atom is 0.313 e. The van der Waals surface area contributed by atoms with Gasteiger partial charge >= 0.3 is 41.8 Å². The summed E-state index contributed by atoms with van der Waals surface area (Å²) >= 11 is 0. The van der Waals surface area contributed by atoms with Crippen LogP contribution in [-0.4, -0.2) is 119 Å². The molecular weight excluding hydrogens is 744 g/mol. The Labute approximate surface area is 333 Å². The van der Waals surface area contributed by atoms with E-state index in [0.29, 0.717) is 25.2 Å². The molecular formula is C38H73O18-. The van der Waals surface area contributed by atoms with Gasteiger partial charge in [0.05, 0.1) is 42.7 Å². The molecule has 0 aromatic carbocycles. The van der Waals surface area contributed by atoms with Gasteiger partial charge in [0.2, 0.25) is 0 Å². The number of ether oxygens (including phenoxy) is 6. The van der Waals surface area contributed by atoms with Crippen molar-refractivity contribution in [1.29, 1.82) is 0 Å². The molecule has 18 heteroatoms. The predicted octanol–water partition coefficient (Wildman–Crippen LogP) is 4.77. The molecule has 0 amide bonds. The summed E-state index contributed by atoms with van der Waals surface area (Å²) in [5.41, 5.74) is 0.